The van der Waals surface area contributed by atoms with E-state index >= 15 is 0 Å². The zero-order chi connectivity index (χ0) is 14.3. The van der Waals surface area contributed by atoms with E-state index in [4.69, 9.17) is 0 Å². The molecular weight excluding hydrogens is 258 g/mol. The lowest BCUT2D eigenvalue weighted by Gasteiger charge is -2.13. The third-order valence-corrected chi connectivity index (χ3v) is 4.74. The number of hydrogen-bond donors (Lipinski definition) is 1. The summed E-state index contributed by atoms with van der Waals surface area (Å²) in [7, 11) is -3.37. The van der Waals surface area contributed by atoms with Crippen molar-refractivity contribution in [3.63, 3.8) is 0 Å². The zero-order valence-corrected chi connectivity index (χ0v) is 13.0. The molecule has 0 bridgehead atoms. The number of benzene rings is 1. The third-order valence-electron chi connectivity index (χ3n) is 3.13. The highest BCUT2D eigenvalue weighted by atomic mass is 32.2. The standard InChI is InChI=1S/C15H25NO2S/c1-4-6-8-14-9-11-15(12-10-14)19(17,18)16-13(3)7-5-2/h9-13,16H,4-8H2,1-3H3. The highest BCUT2D eigenvalue weighted by Crippen LogP contribution is 2.13. The summed E-state index contributed by atoms with van der Waals surface area (Å²) in [5.41, 5.74) is 1.20. The molecule has 1 atom stereocenters. The maximum atomic E-state index is 12.1. The minimum Gasteiger partial charge on any atom is -0.208 e. The van der Waals surface area contributed by atoms with Crippen LogP contribution in [-0.4, -0.2) is 14.5 Å². The summed E-state index contributed by atoms with van der Waals surface area (Å²) in [5, 5.41) is 0. The van der Waals surface area contributed by atoms with Crippen molar-refractivity contribution in [2.24, 2.45) is 0 Å². The fourth-order valence-electron chi connectivity index (χ4n) is 2.04. The third kappa shape index (κ3) is 5.33. The van der Waals surface area contributed by atoms with Gasteiger partial charge in [0.2, 0.25) is 10.0 Å². The average molecular weight is 283 g/mol. The Morgan fingerprint density at radius 1 is 1.11 bits per heavy atom. The van der Waals surface area contributed by atoms with Gasteiger partial charge in [0.15, 0.2) is 0 Å². The molecule has 3 nitrogen and oxygen atoms in total. The minimum atomic E-state index is -3.37. The van der Waals surface area contributed by atoms with Crippen molar-refractivity contribution in [2.75, 3.05) is 0 Å². The van der Waals surface area contributed by atoms with E-state index in [0.717, 1.165) is 32.1 Å². The maximum absolute atomic E-state index is 12.1. The zero-order valence-electron chi connectivity index (χ0n) is 12.1. The van der Waals surface area contributed by atoms with Crippen LogP contribution in [0.1, 0.15) is 52.0 Å². The van der Waals surface area contributed by atoms with Crippen LogP contribution in [0.3, 0.4) is 0 Å². The number of unbranched alkanes of at least 4 members (excludes halogenated alkanes) is 1. The van der Waals surface area contributed by atoms with Gasteiger partial charge in [-0.1, -0.05) is 38.8 Å². The molecule has 1 N–H and O–H groups in total. The summed E-state index contributed by atoms with van der Waals surface area (Å²) < 4.78 is 27.0. The quantitative estimate of drug-likeness (QED) is 0.793. The summed E-state index contributed by atoms with van der Waals surface area (Å²) in [5.74, 6) is 0. The van der Waals surface area contributed by atoms with Crippen LogP contribution < -0.4 is 4.72 Å². The molecule has 108 valence electrons. The van der Waals surface area contributed by atoms with Crippen molar-refractivity contribution >= 4 is 10.0 Å². The van der Waals surface area contributed by atoms with Crippen LogP contribution in [0, 0.1) is 0 Å². The van der Waals surface area contributed by atoms with Crippen molar-refractivity contribution in [3.05, 3.63) is 29.8 Å². The van der Waals surface area contributed by atoms with E-state index in [-0.39, 0.29) is 6.04 Å². The molecule has 0 saturated carbocycles. The van der Waals surface area contributed by atoms with Gasteiger partial charge in [-0.3, -0.25) is 0 Å². The molecule has 1 unspecified atom stereocenters. The molecular formula is C15H25NO2S. The molecule has 0 radical (unpaired) electrons. The maximum Gasteiger partial charge on any atom is 0.240 e. The van der Waals surface area contributed by atoms with Crippen molar-refractivity contribution in [1.29, 1.82) is 0 Å². The summed E-state index contributed by atoms with van der Waals surface area (Å²) in [6, 6.07) is 7.20. The Hall–Kier alpha value is -0.870. The Kier molecular flexibility index (Phi) is 6.52. The predicted octanol–water partition coefficient (Wildman–Crippen LogP) is 3.50. The van der Waals surface area contributed by atoms with Gasteiger partial charge in [0.1, 0.15) is 0 Å². The predicted molar refractivity (Wildman–Crippen MR) is 79.7 cm³/mol. The first-order valence-corrected chi connectivity index (χ1v) is 8.59. The van der Waals surface area contributed by atoms with Crippen LogP contribution >= 0.6 is 0 Å². The fraction of sp³-hybridized carbons (Fsp3) is 0.600. The highest BCUT2D eigenvalue weighted by molar-refractivity contribution is 7.89. The number of sulfonamides is 1. The Morgan fingerprint density at radius 2 is 1.74 bits per heavy atom. The van der Waals surface area contributed by atoms with E-state index in [9.17, 15) is 8.42 Å². The Morgan fingerprint density at radius 3 is 2.26 bits per heavy atom. The number of hydrogen-bond acceptors (Lipinski definition) is 2. The van der Waals surface area contributed by atoms with Gasteiger partial charge in [0.05, 0.1) is 4.90 Å². The molecule has 0 spiro atoms. The second kappa shape index (κ2) is 7.65. The van der Waals surface area contributed by atoms with Crippen molar-refractivity contribution in [2.45, 2.75) is 63.8 Å². The second-order valence-electron chi connectivity index (χ2n) is 5.06. The fourth-order valence-corrected chi connectivity index (χ4v) is 3.32. The SMILES string of the molecule is CCCCc1ccc(S(=O)(=O)NC(C)CCC)cc1. The molecule has 0 aliphatic heterocycles. The van der Waals surface area contributed by atoms with Gasteiger partial charge < -0.3 is 0 Å². The Bertz CT molecular complexity index is 465. The molecule has 0 fully saturated rings. The van der Waals surface area contributed by atoms with E-state index in [1.165, 1.54) is 5.56 Å². The number of rotatable bonds is 8. The van der Waals surface area contributed by atoms with Crippen LogP contribution in [0.5, 0.6) is 0 Å². The highest BCUT2D eigenvalue weighted by Gasteiger charge is 2.16. The van der Waals surface area contributed by atoms with Crippen LogP contribution in [0.25, 0.3) is 0 Å². The van der Waals surface area contributed by atoms with Gasteiger partial charge in [-0.2, -0.15) is 0 Å². The number of nitrogens with one attached hydrogen (secondary N) is 1. The van der Waals surface area contributed by atoms with Crippen LogP contribution in [0.4, 0.5) is 0 Å². The molecule has 1 rings (SSSR count). The second-order valence-corrected chi connectivity index (χ2v) is 6.77. The van der Waals surface area contributed by atoms with Gasteiger partial charge in [-0.05, 0) is 43.9 Å². The van der Waals surface area contributed by atoms with E-state index < -0.39 is 10.0 Å². The lowest BCUT2D eigenvalue weighted by Crippen LogP contribution is -2.32. The van der Waals surface area contributed by atoms with Gasteiger partial charge >= 0.3 is 0 Å². The first-order chi connectivity index (χ1) is 8.99. The summed E-state index contributed by atoms with van der Waals surface area (Å²) in [4.78, 5) is 0.357. The Labute approximate surface area is 117 Å². The minimum absolute atomic E-state index is 0.0187. The monoisotopic (exact) mass is 283 g/mol. The number of aryl methyl sites for hydroxylation is 1. The van der Waals surface area contributed by atoms with Gasteiger partial charge in [0, 0.05) is 6.04 Å². The molecule has 0 heterocycles. The normalized spacial score (nSPS) is 13.4. The van der Waals surface area contributed by atoms with Crippen molar-refractivity contribution in [1.82, 2.24) is 4.72 Å². The molecule has 0 aromatic heterocycles. The molecule has 0 aliphatic rings. The topological polar surface area (TPSA) is 46.2 Å². The summed E-state index contributed by atoms with van der Waals surface area (Å²) in [6.07, 6.45) is 5.12. The summed E-state index contributed by atoms with van der Waals surface area (Å²) >= 11 is 0. The molecule has 0 amide bonds. The average Bonchev–Trinajstić information content (AvgIpc) is 2.36. The van der Waals surface area contributed by atoms with E-state index in [1.54, 1.807) is 12.1 Å². The lowest BCUT2D eigenvalue weighted by atomic mass is 10.1. The van der Waals surface area contributed by atoms with Crippen LogP contribution in [0.15, 0.2) is 29.2 Å². The Balaban J connectivity index is 2.73. The van der Waals surface area contributed by atoms with Crippen LogP contribution in [-0.2, 0) is 16.4 Å². The molecule has 4 heteroatoms. The summed E-state index contributed by atoms with van der Waals surface area (Å²) in [6.45, 7) is 6.10. The van der Waals surface area contributed by atoms with Gasteiger partial charge in [-0.25, -0.2) is 13.1 Å². The van der Waals surface area contributed by atoms with E-state index in [2.05, 4.69) is 11.6 Å². The van der Waals surface area contributed by atoms with Gasteiger partial charge in [0.25, 0.3) is 0 Å². The van der Waals surface area contributed by atoms with Gasteiger partial charge in [-0.15, -0.1) is 0 Å². The molecule has 19 heavy (non-hydrogen) atoms. The van der Waals surface area contributed by atoms with Crippen molar-refractivity contribution in [3.8, 4) is 0 Å². The molecule has 1 aromatic carbocycles. The molecule has 0 saturated heterocycles. The van der Waals surface area contributed by atoms with Crippen LogP contribution in [0.2, 0.25) is 0 Å². The van der Waals surface area contributed by atoms with E-state index in [0.29, 0.717) is 4.90 Å². The van der Waals surface area contributed by atoms with Crippen molar-refractivity contribution < 1.29 is 8.42 Å². The van der Waals surface area contributed by atoms with E-state index in [1.807, 2.05) is 26.0 Å². The largest absolute Gasteiger partial charge is 0.240 e. The smallest absolute Gasteiger partial charge is 0.208 e. The molecule has 0 aliphatic carbocycles. The first kappa shape index (κ1) is 16.2. The molecule has 1 aromatic rings. The lowest BCUT2D eigenvalue weighted by molar-refractivity contribution is 0.544. The first-order valence-electron chi connectivity index (χ1n) is 7.10.